The molecular weight excluding hydrogens is 440 g/mol. The third-order valence-electron chi connectivity index (χ3n) is 5.19. The molecule has 3 aromatic carbocycles. The molecule has 0 unspecified atom stereocenters. The van der Waals surface area contributed by atoms with Gasteiger partial charge in [-0.05, 0) is 92.9 Å². The minimum atomic E-state index is -3.84. The van der Waals surface area contributed by atoms with Crippen LogP contribution in [0.3, 0.4) is 0 Å². The largest absolute Gasteiger partial charge is 0.495 e. The Hall–Kier alpha value is -3.52. The van der Waals surface area contributed by atoms with Gasteiger partial charge in [-0.15, -0.1) is 0 Å². The lowest BCUT2D eigenvalue weighted by atomic mass is 10.1. The molecule has 0 aliphatic carbocycles. The minimum Gasteiger partial charge on any atom is -0.495 e. The molecule has 2 N–H and O–H groups in total. The standard InChI is InChI=1S/C25H28N2O5S/c1-16-6-13-24(31-5)23(14-16)27-33(29,30)22-11-8-20(9-12-22)26-25(28)19(4)32-21-10-7-17(2)18(3)15-21/h6-15,19,27H,1-5H3,(H,26,28)/t19-/m0/s1. The predicted octanol–water partition coefficient (Wildman–Crippen LogP) is 4.83. The van der Waals surface area contributed by atoms with Crippen LogP contribution in [0.4, 0.5) is 11.4 Å². The number of sulfonamides is 1. The van der Waals surface area contributed by atoms with Crippen molar-refractivity contribution in [2.75, 3.05) is 17.1 Å². The quantitative estimate of drug-likeness (QED) is 0.494. The molecule has 0 spiro atoms. The molecule has 33 heavy (non-hydrogen) atoms. The van der Waals surface area contributed by atoms with E-state index in [2.05, 4.69) is 10.0 Å². The van der Waals surface area contributed by atoms with Crippen molar-refractivity contribution in [2.24, 2.45) is 0 Å². The summed E-state index contributed by atoms with van der Waals surface area (Å²) in [7, 11) is -2.36. The summed E-state index contributed by atoms with van der Waals surface area (Å²) >= 11 is 0. The Morgan fingerprint density at radius 3 is 2.24 bits per heavy atom. The molecule has 7 nitrogen and oxygen atoms in total. The number of carbonyl (C=O) groups is 1. The first-order valence-corrected chi connectivity index (χ1v) is 11.9. The van der Waals surface area contributed by atoms with Gasteiger partial charge in [0, 0.05) is 5.69 Å². The Bertz CT molecular complexity index is 1250. The first kappa shape index (κ1) is 24.1. The zero-order valence-electron chi connectivity index (χ0n) is 19.3. The van der Waals surface area contributed by atoms with Crippen LogP contribution >= 0.6 is 0 Å². The molecule has 174 valence electrons. The van der Waals surface area contributed by atoms with Crippen LogP contribution < -0.4 is 19.5 Å². The Morgan fingerprint density at radius 2 is 1.61 bits per heavy atom. The number of carbonyl (C=O) groups excluding carboxylic acids is 1. The highest BCUT2D eigenvalue weighted by atomic mass is 32.2. The van der Waals surface area contributed by atoms with Crippen molar-refractivity contribution in [1.29, 1.82) is 0 Å². The summed E-state index contributed by atoms with van der Waals surface area (Å²) in [5.41, 5.74) is 3.93. The molecule has 1 atom stereocenters. The number of anilines is 2. The summed E-state index contributed by atoms with van der Waals surface area (Å²) in [4.78, 5) is 12.6. The van der Waals surface area contributed by atoms with E-state index < -0.39 is 16.1 Å². The maximum Gasteiger partial charge on any atom is 0.265 e. The van der Waals surface area contributed by atoms with Crippen LogP contribution in [-0.4, -0.2) is 27.5 Å². The van der Waals surface area contributed by atoms with Crippen LogP contribution in [0.1, 0.15) is 23.6 Å². The molecule has 0 aliphatic rings. The molecule has 0 heterocycles. The fourth-order valence-electron chi connectivity index (χ4n) is 3.11. The second-order valence-corrected chi connectivity index (χ2v) is 9.51. The van der Waals surface area contributed by atoms with Crippen molar-refractivity contribution in [3.05, 3.63) is 77.4 Å². The number of benzene rings is 3. The minimum absolute atomic E-state index is 0.0588. The van der Waals surface area contributed by atoms with Crippen molar-refractivity contribution in [1.82, 2.24) is 0 Å². The fraction of sp³-hybridized carbons (Fsp3) is 0.240. The molecule has 3 aromatic rings. The van der Waals surface area contributed by atoms with E-state index in [1.165, 1.54) is 31.4 Å². The van der Waals surface area contributed by atoms with Gasteiger partial charge in [0.25, 0.3) is 15.9 Å². The van der Waals surface area contributed by atoms with Gasteiger partial charge in [-0.1, -0.05) is 12.1 Å². The highest BCUT2D eigenvalue weighted by Gasteiger charge is 2.18. The number of rotatable bonds is 8. The van der Waals surface area contributed by atoms with Gasteiger partial charge in [-0.2, -0.15) is 0 Å². The second-order valence-electron chi connectivity index (χ2n) is 7.83. The first-order valence-electron chi connectivity index (χ1n) is 10.4. The number of hydrogen-bond acceptors (Lipinski definition) is 5. The summed E-state index contributed by atoms with van der Waals surface area (Å²) in [5.74, 6) is 0.692. The Kier molecular flexibility index (Phi) is 7.28. The molecule has 8 heteroatoms. The summed E-state index contributed by atoms with van der Waals surface area (Å²) in [6, 6.07) is 16.8. The van der Waals surface area contributed by atoms with Crippen molar-refractivity contribution in [3.8, 4) is 11.5 Å². The number of hydrogen-bond donors (Lipinski definition) is 2. The van der Waals surface area contributed by atoms with Gasteiger partial charge in [0.15, 0.2) is 6.10 Å². The van der Waals surface area contributed by atoms with Gasteiger partial charge < -0.3 is 14.8 Å². The number of nitrogens with one attached hydrogen (secondary N) is 2. The van der Waals surface area contributed by atoms with Gasteiger partial charge in [0.2, 0.25) is 0 Å². The Balaban J connectivity index is 1.67. The van der Waals surface area contributed by atoms with Crippen molar-refractivity contribution in [3.63, 3.8) is 0 Å². The normalized spacial score (nSPS) is 12.0. The van der Waals surface area contributed by atoms with Crippen molar-refractivity contribution >= 4 is 27.3 Å². The summed E-state index contributed by atoms with van der Waals surface area (Å²) in [6.45, 7) is 7.50. The lowest BCUT2D eigenvalue weighted by Gasteiger charge is -2.16. The highest BCUT2D eigenvalue weighted by Crippen LogP contribution is 2.28. The second kappa shape index (κ2) is 9.95. The average Bonchev–Trinajstić information content (AvgIpc) is 2.76. The molecular formula is C25H28N2O5S. The van der Waals surface area contributed by atoms with E-state index in [0.717, 1.165) is 16.7 Å². The zero-order valence-corrected chi connectivity index (χ0v) is 20.1. The lowest BCUT2D eigenvalue weighted by Crippen LogP contribution is -2.30. The Labute approximate surface area is 194 Å². The van der Waals surface area contributed by atoms with Crippen LogP contribution in [0.25, 0.3) is 0 Å². The molecule has 0 saturated carbocycles. The SMILES string of the molecule is COc1ccc(C)cc1NS(=O)(=O)c1ccc(NC(=O)[C@H](C)Oc2ccc(C)c(C)c2)cc1. The van der Waals surface area contributed by atoms with Crippen LogP contribution in [0.5, 0.6) is 11.5 Å². The van der Waals surface area contributed by atoms with Crippen LogP contribution in [0.2, 0.25) is 0 Å². The predicted molar refractivity (Wildman–Crippen MR) is 130 cm³/mol. The zero-order chi connectivity index (χ0) is 24.2. The third-order valence-corrected chi connectivity index (χ3v) is 6.57. The van der Waals surface area contributed by atoms with Gasteiger partial charge in [0.1, 0.15) is 11.5 Å². The van der Waals surface area contributed by atoms with E-state index in [1.54, 1.807) is 19.1 Å². The van der Waals surface area contributed by atoms with Gasteiger partial charge in [0.05, 0.1) is 17.7 Å². The molecule has 0 aliphatic heterocycles. The monoisotopic (exact) mass is 468 g/mol. The smallest absolute Gasteiger partial charge is 0.265 e. The molecule has 0 aromatic heterocycles. The third kappa shape index (κ3) is 6.04. The van der Waals surface area contributed by atoms with Gasteiger partial charge in [-0.3, -0.25) is 9.52 Å². The van der Waals surface area contributed by atoms with Crippen LogP contribution in [0.15, 0.2) is 65.6 Å². The van der Waals surface area contributed by atoms with E-state index >= 15 is 0 Å². The van der Waals surface area contributed by atoms with Crippen LogP contribution in [-0.2, 0) is 14.8 Å². The molecule has 0 saturated heterocycles. The lowest BCUT2D eigenvalue weighted by molar-refractivity contribution is -0.122. The summed E-state index contributed by atoms with van der Waals surface area (Å²) in [5, 5.41) is 2.74. The van der Waals surface area contributed by atoms with Crippen molar-refractivity contribution in [2.45, 2.75) is 38.7 Å². The molecule has 0 radical (unpaired) electrons. The number of aryl methyl sites for hydroxylation is 3. The maximum absolute atomic E-state index is 12.8. The van der Waals surface area contributed by atoms with E-state index in [4.69, 9.17) is 9.47 Å². The number of methoxy groups -OCH3 is 1. The molecule has 3 rings (SSSR count). The summed E-state index contributed by atoms with van der Waals surface area (Å²) < 4.78 is 39.1. The highest BCUT2D eigenvalue weighted by molar-refractivity contribution is 7.92. The topological polar surface area (TPSA) is 93.7 Å². The van der Waals surface area contributed by atoms with E-state index in [-0.39, 0.29) is 10.8 Å². The molecule has 0 fully saturated rings. The van der Waals surface area contributed by atoms with Gasteiger partial charge >= 0.3 is 0 Å². The van der Waals surface area contributed by atoms with E-state index in [1.807, 2.05) is 45.0 Å². The number of amides is 1. The molecule has 1 amide bonds. The fourth-order valence-corrected chi connectivity index (χ4v) is 4.17. The Morgan fingerprint density at radius 1 is 0.909 bits per heavy atom. The molecule has 0 bridgehead atoms. The number of ether oxygens (including phenoxy) is 2. The summed E-state index contributed by atoms with van der Waals surface area (Å²) in [6.07, 6.45) is -0.731. The van der Waals surface area contributed by atoms with E-state index in [9.17, 15) is 13.2 Å². The average molecular weight is 469 g/mol. The van der Waals surface area contributed by atoms with E-state index in [0.29, 0.717) is 22.9 Å². The first-order chi connectivity index (χ1) is 15.6. The van der Waals surface area contributed by atoms with Crippen molar-refractivity contribution < 1.29 is 22.7 Å². The maximum atomic E-state index is 12.8. The van der Waals surface area contributed by atoms with Gasteiger partial charge in [-0.25, -0.2) is 8.42 Å². The van der Waals surface area contributed by atoms with Crippen LogP contribution in [0, 0.1) is 20.8 Å².